The number of pyridine rings is 1. The Balaban J connectivity index is 1.58. The van der Waals surface area contributed by atoms with Crippen LogP contribution in [0.5, 0.6) is 0 Å². The second-order valence-electron chi connectivity index (χ2n) is 5.04. The molecule has 0 aromatic carbocycles. The Kier molecular flexibility index (Phi) is 3.46. The first-order valence-corrected chi connectivity index (χ1v) is 6.70. The molecule has 0 bridgehead atoms. The summed E-state index contributed by atoms with van der Waals surface area (Å²) in [5.74, 6) is 0. The van der Waals surface area contributed by atoms with Crippen LogP contribution in [-0.2, 0) is 6.54 Å². The van der Waals surface area contributed by atoms with E-state index in [4.69, 9.17) is 0 Å². The molecule has 1 saturated heterocycles. The third-order valence-corrected chi connectivity index (χ3v) is 3.76. The van der Waals surface area contributed by atoms with Crippen LogP contribution in [0.25, 0.3) is 0 Å². The molecule has 3 heterocycles. The van der Waals surface area contributed by atoms with E-state index in [1.54, 1.807) is 12.4 Å². The number of H-pyrrole nitrogens is 1. The summed E-state index contributed by atoms with van der Waals surface area (Å²) in [6.07, 6.45) is 9.33. The van der Waals surface area contributed by atoms with Gasteiger partial charge in [0.05, 0.1) is 0 Å². The summed E-state index contributed by atoms with van der Waals surface area (Å²) < 4.78 is 1.82. The lowest BCUT2D eigenvalue weighted by Gasteiger charge is -2.32. The number of likely N-dealkylation sites (tertiary alicyclic amines) is 1. The van der Waals surface area contributed by atoms with Gasteiger partial charge in [0.25, 0.3) is 0 Å². The summed E-state index contributed by atoms with van der Waals surface area (Å²) in [4.78, 5) is 20.8. The molecule has 0 atom stereocenters. The van der Waals surface area contributed by atoms with Crippen molar-refractivity contribution in [2.75, 3.05) is 13.1 Å². The van der Waals surface area contributed by atoms with Gasteiger partial charge in [-0.25, -0.2) is 4.79 Å². The fraction of sp³-hybridized carbons (Fsp3) is 0.429. The van der Waals surface area contributed by atoms with Crippen molar-refractivity contribution in [3.05, 3.63) is 53.0 Å². The molecule has 0 spiro atoms. The van der Waals surface area contributed by atoms with Crippen LogP contribution in [0, 0.1) is 0 Å². The third kappa shape index (κ3) is 2.76. The van der Waals surface area contributed by atoms with Crippen LogP contribution in [0.1, 0.15) is 24.4 Å². The normalized spacial score (nSPS) is 17.7. The number of rotatable bonds is 3. The molecule has 1 fully saturated rings. The van der Waals surface area contributed by atoms with Crippen molar-refractivity contribution in [1.29, 1.82) is 0 Å². The Hall–Kier alpha value is -1.88. The van der Waals surface area contributed by atoms with E-state index in [0.29, 0.717) is 6.04 Å². The Labute approximate surface area is 111 Å². The quantitative estimate of drug-likeness (QED) is 0.905. The molecule has 19 heavy (non-hydrogen) atoms. The molecule has 0 saturated carbocycles. The molecule has 0 amide bonds. The molecule has 2 aromatic heterocycles. The SMILES string of the molecule is O=c1[nH]ccn1C1CCN(Cc2cccnc2)CC1. The lowest BCUT2D eigenvalue weighted by molar-refractivity contribution is 0.178. The summed E-state index contributed by atoms with van der Waals surface area (Å²) in [7, 11) is 0. The summed E-state index contributed by atoms with van der Waals surface area (Å²) in [5, 5.41) is 0. The van der Waals surface area contributed by atoms with Gasteiger partial charge in [-0.05, 0) is 24.5 Å². The zero-order valence-electron chi connectivity index (χ0n) is 10.8. The lowest BCUT2D eigenvalue weighted by atomic mass is 10.0. The predicted molar refractivity (Wildman–Crippen MR) is 72.8 cm³/mol. The van der Waals surface area contributed by atoms with Crippen LogP contribution in [0.15, 0.2) is 41.7 Å². The van der Waals surface area contributed by atoms with E-state index in [2.05, 4.69) is 20.9 Å². The highest BCUT2D eigenvalue weighted by Crippen LogP contribution is 2.21. The molecule has 0 radical (unpaired) electrons. The van der Waals surface area contributed by atoms with Crippen molar-refractivity contribution in [3.63, 3.8) is 0 Å². The highest BCUT2D eigenvalue weighted by Gasteiger charge is 2.21. The van der Waals surface area contributed by atoms with Crippen molar-refractivity contribution in [2.24, 2.45) is 0 Å². The average Bonchev–Trinajstić information content (AvgIpc) is 2.87. The number of hydrogen-bond acceptors (Lipinski definition) is 3. The minimum absolute atomic E-state index is 0.00529. The second-order valence-corrected chi connectivity index (χ2v) is 5.04. The molecule has 1 N–H and O–H groups in total. The maximum Gasteiger partial charge on any atom is 0.325 e. The minimum Gasteiger partial charge on any atom is -0.313 e. The molecule has 5 nitrogen and oxygen atoms in total. The zero-order chi connectivity index (χ0) is 13.1. The Bertz CT molecular complexity index is 566. The van der Waals surface area contributed by atoms with Crippen LogP contribution in [0.4, 0.5) is 0 Å². The van der Waals surface area contributed by atoms with Crippen molar-refractivity contribution in [3.8, 4) is 0 Å². The van der Waals surface area contributed by atoms with E-state index < -0.39 is 0 Å². The Morgan fingerprint density at radius 3 is 2.84 bits per heavy atom. The zero-order valence-corrected chi connectivity index (χ0v) is 10.8. The summed E-state index contributed by atoms with van der Waals surface area (Å²) in [6.45, 7) is 3.00. The van der Waals surface area contributed by atoms with E-state index >= 15 is 0 Å². The van der Waals surface area contributed by atoms with Crippen molar-refractivity contribution >= 4 is 0 Å². The predicted octanol–water partition coefficient (Wildman–Crippen LogP) is 1.41. The molecule has 1 aliphatic rings. The summed E-state index contributed by atoms with van der Waals surface area (Å²) in [6, 6.07) is 4.42. The Morgan fingerprint density at radius 2 is 2.21 bits per heavy atom. The average molecular weight is 258 g/mol. The van der Waals surface area contributed by atoms with E-state index in [1.807, 2.05) is 23.0 Å². The molecule has 2 aromatic rings. The van der Waals surface area contributed by atoms with Crippen LogP contribution in [-0.4, -0.2) is 32.5 Å². The van der Waals surface area contributed by atoms with Gasteiger partial charge in [-0.1, -0.05) is 6.07 Å². The van der Waals surface area contributed by atoms with Crippen molar-refractivity contribution < 1.29 is 0 Å². The molecular weight excluding hydrogens is 240 g/mol. The standard InChI is InChI=1S/C14H18N4O/c19-14-16-6-9-18(14)13-3-7-17(8-4-13)11-12-2-1-5-15-10-12/h1-2,5-6,9-10,13H,3-4,7-8,11H2,(H,16,19). The maximum atomic E-state index is 11.6. The number of nitrogens with one attached hydrogen (secondary N) is 1. The molecule has 5 heteroatoms. The van der Waals surface area contributed by atoms with Gasteiger partial charge in [-0.15, -0.1) is 0 Å². The van der Waals surface area contributed by atoms with Gasteiger partial charge in [0, 0.05) is 50.5 Å². The number of aromatic nitrogens is 3. The van der Waals surface area contributed by atoms with Gasteiger partial charge in [-0.2, -0.15) is 0 Å². The van der Waals surface area contributed by atoms with Crippen LogP contribution in [0.3, 0.4) is 0 Å². The monoisotopic (exact) mass is 258 g/mol. The van der Waals surface area contributed by atoms with E-state index in [-0.39, 0.29) is 5.69 Å². The number of hydrogen-bond donors (Lipinski definition) is 1. The lowest BCUT2D eigenvalue weighted by Crippen LogP contribution is -2.36. The van der Waals surface area contributed by atoms with Gasteiger partial charge in [-0.3, -0.25) is 14.5 Å². The second kappa shape index (κ2) is 5.40. The number of aromatic amines is 1. The highest BCUT2D eigenvalue weighted by atomic mass is 16.1. The van der Waals surface area contributed by atoms with Crippen LogP contribution < -0.4 is 5.69 Å². The van der Waals surface area contributed by atoms with Crippen LogP contribution in [0.2, 0.25) is 0 Å². The summed E-state index contributed by atoms with van der Waals surface area (Å²) >= 11 is 0. The number of piperidine rings is 1. The Morgan fingerprint density at radius 1 is 1.37 bits per heavy atom. The maximum absolute atomic E-state index is 11.6. The molecular formula is C14H18N4O. The first-order valence-electron chi connectivity index (χ1n) is 6.70. The molecule has 0 aliphatic carbocycles. The number of nitrogens with zero attached hydrogens (tertiary/aromatic N) is 3. The smallest absolute Gasteiger partial charge is 0.313 e. The third-order valence-electron chi connectivity index (χ3n) is 3.76. The first kappa shape index (κ1) is 12.2. The van der Waals surface area contributed by atoms with E-state index in [0.717, 1.165) is 32.5 Å². The van der Waals surface area contributed by atoms with Gasteiger partial charge >= 0.3 is 5.69 Å². The van der Waals surface area contributed by atoms with Gasteiger partial charge in [0.15, 0.2) is 0 Å². The minimum atomic E-state index is 0.00529. The first-order chi connectivity index (χ1) is 9.33. The molecule has 100 valence electrons. The van der Waals surface area contributed by atoms with Crippen molar-refractivity contribution in [2.45, 2.75) is 25.4 Å². The fourth-order valence-corrected chi connectivity index (χ4v) is 2.72. The number of imidazole rings is 1. The van der Waals surface area contributed by atoms with Crippen molar-refractivity contribution in [1.82, 2.24) is 19.4 Å². The van der Waals surface area contributed by atoms with Gasteiger partial charge in [0.1, 0.15) is 0 Å². The topological polar surface area (TPSA) is 53.9 Å². The van der Waals surface area contributed by atoms with Crippen LogP contribution >= 0.6 is 0 Å². The molecule has 3 rings (SSSR count). The summed E-state index contributed by atoms with van der Waals surface area (Å²) in [5.41, 5.74) is 1.26. The highest BCUT2D eigenvalue weighted by molar-refractivity contribution is 5.08. The van der Waals surface area contributed by atoms with E-state index in [9.17, 15) is 4.79 Å². The molecule has 1 aliphatic heterocycles. The largest absolute Gasteiger partial charge is 0.325 e. The molecule has 0 unspecified atom stereocenters. The fourth-order valence-electron chi connectivity index (χ4n) is 2.72. The van der Waals surface area contributed by atoms with E-state index in [1.165, 1.54) is 5.56 Å². The van der Waals surface area contributed by atoms with Gasteiger partial charge < -0.3 is 4.98 Å². The van der Waals surface area contributed by atoms with Gasteiger partial charge in [0.2, 0.25) is 0 Å².